The Bertz CT molecular complexity index is 846. The Morgan fingerprint density at radius 3 is 1.52 bits per heavy atom. The summed E-state index contributed by atoms with van der Waals surface area (Å²) in [5, 5.41) is 19.9. The third-order valence-electron chi connectivity index (χ3n) is 5.22. The summed E-state index contributed by atoms with van der Waals surface area (Å²) in [6.45, 7) is -0.0807. The minimum absolute atomic E-state index is 0.0807. The van der Waals surface area contributed by atoms with Crippen molar-refractivity contribution in [1.82, 2.24) is 0 Å². The smallest absolute Gasteiger partial charge is 0.338 e. The van der Waals surface area contributed by atoms with Crippen LogP contribution in [0.25, 0.3) is 0 Å². The molecule has 148 valence electrons. The Morgan fingerprint density at radius 2 is 1.17 bits per heavy atom. The van der Waals surface area contributed by atoms with Crippen LogP contribution >= 0.6 is 0 Å². The second-order valence-electron chi connectivity index (χ2n) is 7.00. The predicted molar refractivity (Wildman–Crippen MR) is 107 cm³/mol. The molecule has 29 heavy (non-hydrogen) atoms. The maximum absolute atomic E-state index is 11.6. The zero-order chi connectivity index (χ0) is 20.3. The Labute approximate surface area is 169 Å². The number of aliphatic hydroxyl groups excluding tert-OH is 2. The van der Waals surface area contributed by atoms with Crippen molar-refractivity contribution in [3.05, 3.63) is 108 Å². The van der Waals surface area contributed by atoms with Gasteiger partial charge in [0.2, 0.25) is 0 Å². The fourth-order valence-corrected chi connectivity index (χ4v) is 3.74. The number of cyclic esters (lactones) is 1. The molecule has 1 fully saturated rings. The van der Waals surface area contributed by atoms with Gasteiger partial charge in [-0.2, -0.15) is 0 Å². The van der Waals surface area contributed by atoms with Crippen LogP contribution in [0.5, 0.6) is 0 Å². The minimum Gasteiger partial charge on any atom is -0.455 e. The maximum atomic E-state index is 11.6. The Hall–Kier alpha value is -2.99. The lowest BCUT2D eigenvalue weighted by Crippen LogP contribution is -2.39. The van der Waals surface area contributed by atoms with Gasteiger partial charge in [0.15, 0.2) is 12.2 Å². The van der Waals surface area contributed by atoms with E-state index >= 15 is 0 Å². The van der Waals surface area contributed by atoms with Crippen molar-refractivity contribution >= 4 is 5.97 Å². The van der Waals surface area contributed by atoms with E-state index < -0.39 is 29.9 Å². The lowest BCUT2D eigenvalue weighted by atomic mass is 9.80. The number of hydrogen-bond acceptors (Lipinski definition) is 5. The lowest BCUT2D eigenvalue weighted by molar-refractivity contribution is -0.150. The first-order chi connectivity index (χ1) is 14.1. The number of esters is 1. The van der Waals surface area contributed by atoms with E-state index in [1.807, 2.05) is 91.0 Å². The van der Waals surface area contributed by atoms with Crippen molar-refractivity contribution in [2.24, 2.45) is 0 Å². The molecule has 0 bridgehead atoms. The molecule has 0 radical (unpaired) electrons. The molecule has 0 amide bonds. The largest absolute Gasteiger partial charge is 0.455 e. The van der Waals surface area contributed by atoms with Crippen molar-refractivity contribution in [1.29, 1.82) is 0 Å². The number of ether oxygens (including phenoxy) is 2. The number of carbonyl (C=O) groups is 1. The minimum atomic E-state index is -1.55. The molecule has 0 unspecified atom stereocenters. The molecule has 0 saturated carbocycles. The van der Waals surface area contributed by atoms with Crippen LogP contribution in [0.15, 0.2) is 91.0 Å². The van der Waals surface area contributed by atoms with E-state index in [0.29, 0.717) is 0 Å². The number of hydrogen-bond donors (Lipinski definition) is 2. The van der Waals surface area contributed by atoms with Gasteiger partial charge in [-0.25, -0.2) is 4.79 Å². The van der Waals surface area contributed by atoms with Gasteiger partial charge in [-0.05, 0) is 16.7 Å². The van der Waals surface area contributed by atoms with Crippen LogP contribution in [0.2, 0.25) is 0 Å². The first kappa shape index (κ1) is 19.3. The molecule has 2 N–H and O–H groups in total. The van der Waals surface area contributed by atoms with Gasteiger partial charge in [0, 0.05) is 0 Å². The average molecular weight is 390 g/mol. The highest BCUT2D eigenvalue weighted by atomic mass is 16.6. The standard InChI is InChI=1S/C24H22O5/c25-21-20(29-23(27)22(21)26)16-28-24(17-10-4-1-5-11-17,18-12-6-2-7-13-18)19-14-8-3-9-15-19/h1-15,20-22,25-26H,16H2/t20-,21+,22-/m1/s1. The van der Waals surface area contributed by atoms with Gasteiger partial charge in [-0.15, -0.1) is 0 Å². The number of benzene rings is 3. The highest BCUT2D eigenvalue weighted by Gasteiger charge is 2.45. The normalized spacial score (nSPS) is 21.7. The molecule has 0 spiro atoms. The monoisotopic (exact) mass is 390 g/mol. The van der Waals surface area contributed by atoms with E-state index in [1.165, 1.54) is 0 Å². The predicted octanol–water partition coefficient (Wildman–Crippen LogP) is 2.64. The Balaban J connectivity index is 1.81. The van der Waals surface area contributed by atoms with Crippen molar-refractivity contribution < 1.29 is 24.5 Å². The molecular formula is C24H22O5. The highest BCUT2D eigenvalue weighted by molar-refractivity contribution is 5.77. The molecule has 0 aliphatic carbocycles. The van der Waals surface area contributed by atoms with Crippen LogP contribution in [-0.2, 0) is 19.9 Å². The maximum Gasteiger partial charge on any atom is 0.338 e. The van der Waals surface area contributed by atoms with E-state index in [4.69, 9.17) is 9.47 Å². The molecule has 5 heteroatoms. The molecule has 3 aromatic rings. The molecule has 3 aromatic carbocycles. The molecule has 1 saturated heterocycles. The quantitative estimate of drug-likeness (QED) is 0.500. The molecule has 4 rings (SSSR count). The fraction of sp³-hybridized carbons (Fsp3) is 0.208. The van der Waals surface area contributed by atoms with E-state index in [-0.39, 0.29) is 6.61 Å². The number of carbonyl (C=O) groups excluding carboxylic acids is 1. The summed E-state index contributed by atoms with van der Waals surface area (Å²) in [6, 6.07) is 29.3. The summed E-state index contributed by atoms with van der Waals surface area (Å²) in [6.07, 6.45) is -3.83. The van der Waals surface area contributed by atoms with Gasteiger partial charge in [-0.3, -0.25) is 0 Å². The molecule has 1 aliphatic heterocycles. The highest BCUT2D eigenvalue weighted by Crippen LogP contribution is 2.40. The van der Waals surface area contributed by atoms with Crippen molar-refractivity contribution in [3.63, 3.8) is 0 Å². The van der Waals surface area contributed by atoms with Crippen LogP contribution in [0.1, 0.15) is 16.7 Å². The summed E-state index contributed by atoms with van der Waals surface area (Å²) < 4.78 is 11.6. The number of aliphatic hydroxyl groups is 2. The van der Waals surface area contributed by atoms with Crippen molar-refractivity contribution in [2.75, 3.05) is 6.61 Å². The van der Waals surface area contributed by atoms with Crippen LogP contribution in [0.4, 0.5) is 0 Å². The van der Waals surface area contributed by atoms with Crippen molar-refractivity contribution in [3.8, 4) is 0 Å². The molecule has 1 aliphatic rings. The van der Waals surface area contributed by atoms with Gasteiger partial charge in [0.25, 0.3) is 0 Å². The Kier molecular flexibility index (Phi) is 5.45. The summed E-state index contributed by atoms with van der Waals surface area (Å²) in [5.41, 5.74) is 1.72. The number of rotatable bonds is 6. The van der Waals surface area contributed by atoms with Gasteiger partial charge in [-0.1, -0.05) is 91.0 Å². The zero-order valence-electron chi connectivity index (χ0n) is 15.7. The van der Waals surface area contributed by atoms with E-state index in [1.54, 1.807) is 0 Å². The van der Waals surface area contributed by atoms with Gasteiger partial charge >= 0.3 is 5.97 Å². The molecular weight excluding hydrogens is 368 g/mol. The third-order valence-corrected chi connectivity index (χ3v) is 5.22. The summed E-state index contributed by atoms with van der Waals surface area (Å²) in [7, 11) is 0. The molecule has 3 atom stereocenters. The van der Waals surface area contributed by atoms with Crippen molar-refractivity contribution in [2.45, 2.75) is 23.9 Å². The Morgan fingerprint density at radius 1 is 0.759 bits per heavy atom. The second-order valence-corrected chi connectivity index (χ2v) is 7.00. The topological polar surface area (TPSA) is 76.0 Å². The third kappa shape index (κ3) is 3.56. The average Bonchev–Trinajstić information content (AvgIpc) is 3.03. The zero-order valence-corrected chi connectivity index (χ0v) is 15.7. The van der Waals surface area contributed by atoms with E-state index in [0.717, 1.165) is 16.7 Å². The first-order valence-electron chi connectivity index (χ1n) is 9.50. The SMILES string of the molecule is O=C1O[C@H](COC(c2ccccc2)(c2ccccc2)c2ccccc2)[C@H](O)[C@H]1O. The van der Waals surface area contributed by atoms with Crippen LogP contribution in [-0.4, -0.2) is 41.1 Å². The molecule has 5 nitrogen and oxygen atoms in total. The lowest BCUT2D eigenvalue weighted by Gasteiger charge is -2.36. The fourth-order valence-electron chi connectivity index (χ4n) is 3.74. The summed E-state index contributed by atoms with van der Waals surface area (Å²) in [4.78, 5) is 11.6. The first-order valence-corrected chi connectivity index (χ1v) is 9.50. The molecule has 1 heterocycles. The van der Waals surface area contributed by atoms with Crippen LogP contribution in [0, 0.1) is 0 Å². The molecule has 0 aromatic heterocycles. The van der Waals surface area contributed by atoms with Crippen LogP contribution in [0.3, 0.4) is 0 Å². The van der Waals surface area contributed by atoms with Gasteiger partial charge in [0.1, 0.15) is 11.7 Å². The van der Waals surface area contributed by atoms with E-state index in [2.05, 4.69) is 0 Å². The second kappa shape index (κ2) is 8.17. The van der Waals surface area contributed by atoms with Crippen LogP contribution < -0.4 is 0 Å². The van der Waals surface area contributed by atoms with Gasteiger partial charge in [0.05, 0.1) is 6.61 Å². The summed E-state index contributed by atoms with van der Waals surface area (Å²) >= 11 is 0. The van der Waals surface area contributed by atoms with Gasteiger partial charge < -0.3 is 19.7 Å². The van der Waals surface area contributed by atoms with E-state index in [9.17, 15) is 15.0 Å². The summed E-state index contributed by atoms with van der Waals surface area (Å²) in [5.74, 6) is -0.837.